The molecule has 2 N–H and O–H groups in total. The first-order chi connectivity index (χ1) is 14.9. The summed E-state index contributed by atoms with van der Waals surface area (Å²) >= 11 is 0. The Hall–Kier alpha value is -3.91. The highest BCUT2D eigenvalue weighted by molar-refractivity contribution is 7.47. The fourth-order valence-electron chi connectivity index (χ4n) is 2.68. The van der Waals surface area contributed by atoms with Crippen LogP contribution in [0.25, 0.3) is 0 Å². The third-order valence-corrected chi connectivity index (χ3v) is 5.40. The number of carbonyl (C=O) groups is 1. The Morgan fingerprint density at radius 1 is 1.10 bits per heavy atom. The van der Waals surface area contributed by atoms with Crippen molar-refractivity contribution in [1.29, 1.82) is 0 Å². The number of benzene rings is 2. The maximum atomic E-state index is 12.5. The number of aliphatic imine (C=N–C) groups is 1. The van der Waals surface area contributed by atoms with Crippen LogP contribution in [0.4, 0.5) is 16.2 Å². The fourth-order valence-corrected chi connectivity index (χ4v) is 3.73. The lowest BCUT2D eigenvalue weighted by Gasteiger charge is -2.11. The van der Waals surface area contributed by atoms with Crippen molar-refractivity contribution in [3.63, 3.8) is 0 Å². The summed E-state index contributed by atoms with van der Waals surface area (Å²) in [5.41, 5.74) is 0.0581. The first-order valence-electron chi connectivity index (χ1n) is 9.14. The van der Waals surface area contributed by atoms with Crippen LogP contribution >= 0.6 is 8.53 Å². The van der Waals surface area contributed by atoms with E-state index in [9.17, 15) is 14.4 Å². The zero-order chi connectivity index (χ0) is 22.0. The smallest absolute Gasteiger partial charge is 0.418 e. The normalized spacial score (nSPS) is 12.8. The van der Waals surface area contributed by atoms with Crippen molar-refractivity contribution in [2.24, 2.45) is 4.99 Å². The molecule has 0 aliphatic carbocycles. The van der Waals surface area contributed by atoms with Gasteiger partial charge in [-0.3, -0.25) is 9.78 Å². The second kappa shape index (κ2) is 8.45. The standard InChI is InChI=1S/C20H18N5O5P/c1-24(2)14-9-7-13(8-10-14)11-21-15-12-25(19(27)22-18(15)26)20(28)23-31-29-16-5-3-4-6-17(16)30-31/h3-12H,1-2H3,(H,23,28)(H,22,26,27). The Kier molecular flexibility index (Phi) is 5.55. The number of para-hydroxylation sites is 2. The summed E-state index contributed by atoms with van der Waals surface area (Å²) in [6, 6.07) is 13.6. The molecule has 158 valence electrons. The number of aromatic amines is 1. The molecule has 3 aromatic rings. The highest BCUT2D eigenvalue weighted by Gasteiger charge is 2.29. The van der Waals surface area contributed by atoms with E-state index in [0.717, 1.165) is 17.4 Å². The quantitative estimate of drug-likeness (QED) is 0.477. The van der Waals surface area contributed by atoms with Gasteiger partial charge in [0.2, 0.25) is 0 Å². The molecule has 2 heterocycles. The molecule has 0 spiro atoms. The number of H-pyrrole nitrogens is 1. The van der Waals surface area contributed by atoms with E-state index in [-0.39, 0.29) is 5.69 Å². The number of aromatic nitrogens is 2. The minimum atomic E-state index is -1.81. The van der Waals surface area contributed by atoms with Crippen LogP contribution in [-0.4, -0.2) is 35.9 Å². The molecular formula is C20H18N5O5P. The number of anilines is 1. The molecule has 11 heteroatoms. The molecule has 1 aliphatic rings. The van der Waals surface area contributed by atoms with Crippen molar-refractivity contribution in [2.45, 2.75) is 0 Å². The number of amides is 1. The number of nitrogens with one attached hydrogen (secondary N) is 2. The molecular weight excluding hydrogens is 421 g/mol. The molecule has 31 heavy (non-hydrogen) atoms. The lowest BCUT2D eigenvalue weighted by atomic mass is 10.2. The molecule has 0 saturated carbocycles. The van der Waals surface area contributed by atoms with Crippen LogP contribution in [0.1, 0.15) is 5.56 Å². The highest BCUT2D eigenvalue weighted by Crippen LogP contribution is 2.49. The van der Waals surface area contributed by atoms with E-state index < -0.39 is 25.8 Å². The summed E-state index contributed by atoms with van der Waals surface area (Å²) in [6.45, 7) is 0. The summed E-state index contributed by atoms with van der Waals surface area (Å²) < 4.78 is 11.7. The summed E-state index contributed by atoms with van der Waals surface area (Å²) in [6.07, 6.45) is 2.54. The lowest BCUT2D eigenvalue weighted by molar-refractivity contribution is 0.245. The van der Waals surface area contributed by atoms with Gasteiger partial charge in [0.1, 0.15) is 5.69 Å². The van der Waals surface area contributed by atoms with Gasteiger partial charge in [-0.2, -0.15) is 0 Å². The molecule has 2 aromatic carbocycles. The van der Waals surface area contributed by atoms with Crippen LogP contribution in [0, 0.1) is 0 Å². The van der Waals surface area contributed by atoms with Gasteiger partial charge in [-0.05, 0) is 29.8 Å². The number of hydrogen-bond donors (Lipinski definition) is 2. The maximum absolute atomic E-state index is 12.5. The van der Waals surface area contributed by atoms with Crippen LogP contribution in [0.3, 0.4) is 0 Å². The van der Waals surface area contributed by atoms with Gasteiger partial charge in [-0.25, -0.2) is 24.2 Å². The van der Waals surface area contributed by atoms with E-state index in [1.807, 2.05) is 43.3 Å². The second-order valence-corrected chi connectivity index (χ2v) is 7.79. The zero-order valence-electron chi connectivity index (χ0n) is 16.6. The Bertz CT molecular complexity index is 1240. The number of rotatable bonds is 4. The largest absolute Gasteiger partial charge is 0.419 e. The summed E-state index contributed by atoms with van der Waals surface area (Å²) in [4.78, 5) is 44.9. The van der Waals surface area contributed by atoms with E-state index in [2.05, 4.69) is 15.1 Å². The Morgan fingerprint density at radius 3 is 2.35 bits per heavy atom. The first-order valence-corrected chi connectivity index (χ1v) is 10.3. The molecule has 0 radical (unpaired) electrons. The number of carbonyl (C=O) groups excluding carboxylic acids is 1. The SMILES string of the molecule is CN(C)c1ccc(C=Nc2cn(C(=O)NP3Oc4ccccc4O3)c(=O)[nH]c2=O)cc1. The van der Waals surface area contributed by atoms with Gasteiger partial charge in [-0.15, -0.1) is 0 Å². The lowest BCUT2D eigenvalue weighted by Crippen LogP contribution is -2.38. The van der Waals surface area contributed by atoms with Gasteiger partial charge >= 0.3 is 20.2 Å². The Labute approximate surface area is 177 Å². The third-order valence-electron chi connectivity index (χ3n) is 4.30. The van der Waals surface area contributed by atoms with Crippen LogP contribution < -0.4 is 30.3 Å². The van der Waals surface area contributed by atoms with Gasteiger partial charge in [-0.1, -0.05) is 24.3 Å². The van der Waals surface area contributed by atoms with Crippen molar-refractivity contribution in [1.82, 2.24) is 14.6 Å². The molecule has 0 fully saturated rings. The van der Waals surface area contributed by atoms with Crippen molar-refractivity contribution in [3.8, 4) is 11.5 Å². The van der Waals surface area contributed by atoms with Gasteiger partial charge < -0.3 is 13.9 Å². The average molecular weight is 439 g/mol. The van der Waals surface area contributed by atoms with Crippen molar-refractivity contribution >= 4 is 32.1 Å². The summed E-state index contributed by atoms with van der Waals surface area (Å²) in [5, 5.41) is 2.49. The summed E-state index contributed by atoms with van der Waals surface area (Å²) in [7, 11) is 2.05. The molecule has 10 nitrogen and oxygen atoms in total. The molecule has 4 rings (SSSR count). The second-order valence-electron chi connectivity index (χ2n) is 6.69. The molecule has 1 aliphatic heterocycles. The topological polar surface area (TPSA) is 118 Å². The van der Waals surface area contributed by atoms with Crippen LogP contribution in [-0.2, 0) is 0 Å². The van der Waals surface area contributed by atoms with Gasteiger partial charge in [0.25, 0.3) is 5.56 Å². The maximum Gasteiger partial charge on any atom is 0.418 e. The van der Waals surface area contributed by atoms with Crippen molar-refractivity contribution < 1.29 is 13.8 Å². The molecule has 0 bridgehead atoms. The van der Waals surface area contributed by atoms with Crippen molar-refractivity contribution in [3.05, 3.63) is 81.1 Å². The van der Waals surface area contributed by atoms with Crippen molar-refractivity contribution in [2.75, 3.05) is 19.0 Å². The molecule has 1 amide bonds. The molecule has 0 saturated heterocycles. The predicted octanol–water partition coefficient (Wildman–Crippen LogP) is 2.61. The number of nitrogens with zero attached hydrogens (tertiary/aromatic N) is 3. The average Bonchev–Trinajstić information content (AvgIpc) is 3.15. The van der Waals surface area contributed by atoms with E-state index >= 15 is 0 Å². The molecule has 1 aromatic heterocycles. The van der Waals surface area contributed by atoms with Crippen LogP contribution in [0.2, 0.25) is 0 Å². The van der Waals surface area contributed by atoms with E-state index in [0.29, 0.717) is 16.1 Å². The first kappa shape index (κ1) is 20.4. The predicted molar refractivity (Wildman–Crippen MR) is 118 cm³/mol. The van der Waals surface area contributed by atoms with E-state index in [1.165, 1.54) is 6.21 Å². The monoisotopic (exact) mass is 439 g/mol. The van der Waals surface area contributed by atoms with E-state index in [4.69, 9.17) is 9.05 Å². The van der Waals surface area contributed by atoms with Gasteiger partial charge in [0, 0.05) is 26.0 Å². The summed E-state index contributed by atoms with van der Waals surface area (Å²) in [5.74, 6) is 0.988. The zero-order valence-corrected chi connectivity index (χ0v) is 17.5. The van der Waals surface area contributed by atoms with Crippen LogP contribution in [0.15, 0.2) is 69.3 Å². The highest BCUT2D eigenvalue weighted by atomic mass is 31.2. The third kappa shape index (κ3) is 4.49. The molecule has 0 unspecified atom stereocenters. The Morgan fingerprint density at radius 2 is 1.74 bits per heavy atom. The van der Waals surface area contributed by atoms with Gasteiger partial charge in [0.05, 0.1) is 6.20 Å². The van der Waals surface area contributed by atoms with Crippen LogP contribution in [0.5, 0.6) is 11.5 Å². The minimum absolute atomic E-state index is 0.101. The minimum Gasteiger partial charge on any atom is -0.419 e. The van der Waals surface area contributed by atoms with E-state index in [1.54, 1.807) is 24.3 Å². The number of hydrogen-bond acceptors (Lipinski definition) is 7. The molecule has 0 atom stereocenters. The van der Waals surface area contributed by atoms with Gasteiger partial charge in [0.15, 0.2) is 11.5 Å². The fraction of sp³-hybridized carbons (Fsp3) is 0.100. The Balaban J connectivity index is 1.52. The number of fused-ring (bicyclic) bond motifs is 1.